The summed E-state index contributed by atoms with van der Waals surface area (Å²) in [6.07, 6.45) is -5.20. The highest BCUT2D eigenvalue weighted by atomic mass is 19.4. The van der Waals surface area contributed by atoms with Gasteiger partial charge in [-0.3, -0.25) is 4.79 Å². The lowest BCUT2D eigenvalue weighted by atomic mass is 10.1. The van der Waals surface area contributed by atoms with Crippen molar-refractivity contribution >= 4 is 11.6 Å². The topological polar surface area (TPSA) is 32.7 Å². The van der Waals surface area contributed by atoms with Gasteiger partial charge in [-0.15, -0.1) is 0 Å². The van der Waals surface area contributed by atoms with Crippen LogP contribution in [0.1, 0.15) is 17.5 Å². The average Bonchev–Trinajstić information content (AvgIpc) is 2.63. The second-order valence-electron chi connectivity index (χ2n) is 4.10. The van der Waals surface area contributed by atoms with E-state index in [0.29, 0.717) is 0 Å². The summed E-state index contributed by atoms with van der Waals surface area (Å²) in [6, 6.07) is 7.21. The summed E-state index contributed by atoms with van der Waals surface area (Å²) >= 11 is 0. The summed E-state index contributed by atoms with van der Waals surface area (Å²) in [5, 5.41) is 4.23. The minimum atomic E-state index is -4.53. The first-order chi connectivity index (χ1) is 8.38. The molecule has 18 heavy (non-hydrogen) atoms. The van der Waals surface area contributed by atoms with E-state index in [1.807, 2.05) is 19.1 Å². The molecule has 0 aliphatic carbocycles. The maximum atomic E-state index is 12.4. The summed E-state index contributed by atoms with van der Waals surface area (Å²) in [4.78, 5) is 11.5. The lowest BCUT2D eigenvalue weighted by molar-refractivity contribution is -0.129. The predicted octanol–water partition coefficient (Wildman–Crippen LogP) is 2.65. The number of alkyl halides is 3. The number of benzene rings is 1. The van der Waals surface area contributed by atoms with Crippen LogP contribution in [0.25, 0.3) is 0 Å². The fraction of sp³-hybridized carbons (Fsp3) is 0.333. The SMILES string of the molecule is Cc1ccccc1CN1N=C(C(F)(F)F)CC1=O. The number of aryl methyl sites for hydroxylation is 1. The molecule has 96 valence electrons. The molecule has 0 radical (unpaired) electrons. The fourth-order valence-corrected chi connectivity index (χ4v) is 1.70. The van der Waals surface area contributed by atoms with Crippen molar-refractivity contribution in [2.75, 3.05) is 0 Å². The van der Waals surface area contributed by atoms with E-state index in [-0.39, 0.29) is 6.54 Å². The van der Waals surface area contributed by atoms with Crippen molar-refractivity contribution in [2.24, 2.45) is 5.10 Å². The van der Waals surface area contributed by atoms with Crippen LogP contribution in [-0.2, 0) is 11.3 Å². The molecule has 1 aromatic rings. The molecule has 0 N–H and O–H groups in total. The maximum Gasteiger partial charge on any atom is 0.431 e. The van der Waals surface area contributed by atoms with Crippen molar-refractivity contribution in [2.45, 2.75) is 26.1 Å². The number of hydrazone groups is 1. The average molecular weight is 256 g/mol. The van der Waals surface area contributed by atoms with Crippen LogP contribution in [-0.4, -0.2) is 22.8 Å². The van der Waals surface area contributed by atoms with Crippen LogP contribution in [0.3, 0.4) is 0 Å². The molecular weight excluding hydrogens is 245 g/mol. The van der Waals surface area contributed by atoms with Crippen molar-refractivity contribution in [3.05, 3.63) is 35.4 Å². The van der Waals surface area contributed by atoms with Gasteiger partial charge in [0.15, 0.2) is 5.71 Å². The Balaban J connectivity index is 2.18. The molecule has 1 aliphatic rings. The quantitative estimate of drug-likeness (QED) is 0.800. The van der Waals surface area contributed by atoms with Gasteiger partial charge in [-0.05, 0) is 18.1 Å². The number of nitrogens with zero attached hydrogens (tertiary/aromatic N) is 2. The molecular formula is C12H11F3N2O. The van der Waals surface area contributed by atoms with Crippen molar-refractivity contribution in [3.8, 4) is 0 Å². The predicted molar refractivity (Wildman–Crippen MR) is 59.8 cm³/mol. The second kappa shape index (κ2) is 4.44. The largest absolute Gasteiger partial charge is 0.431 e. The molecule has 2 rings (SSSR count). The highest BCUT2D eigenvalue weighted by molar-refractivity contribution is 6.07. The third kappa shape index (κ3) is 2.52. The molecule has 1 heterocycles. The van der Waals surface area contributed by atoms with Crippen molar-refractivity contribution in [1.82, 2.24) is 5.01 Å². The van der Waals surface area contributed by atoms with Crippen molar-refractivity contribution < 1.29 is 18.0 Å². The summed E-state index contributed by atoms with van der Waals surface area (Å²) in [7, 11) is 0. The van der Waals surface area contributed by atoms with E-state index in [1.54, 1.807) is 12.1 Å². The Morgan fingerprint density at radius 2 is 2.00 bits per heavy atom. The van der Waals surface area contributed by atoms with Crippen LogP contribution >= 0.6 is 0 Å². The zero-order valence-electron chi connectivity index (χ0n) is 9.66. The maximum absolute atomic E-state index is 12.4. The lowest BCUT2D eigenvalue weighted by Gasteiger charge is -2.13. The Morgan fingerprint density at radius 1 is 1.33 bits per heavy atom. The Morgan fingerprint density at radius 3 is 2.56 bits per heavy atom. The van der Waals surface area contributed by atoms with Gasteiger partial charge in [0.05, 0.1) is 13.0 Å². The molecule has 0 bridgehead atoms. The first-order valence-corrected chi connectivity index (χ1v) is 5.37. The van der Waals surface area contributed by atoms with Crippen LogP contribution in [0.15, 0.2) is 29.4 Å². The van der Waals surface area contributed by atoms with Gasteiger partial charge in [0, 0.05) is 0 Å². The summed E-state index contributed by atoms with van der Waals surface area (Å²) in [6.45, 7) is 1.91. The van der Waals surface area contributed by atoms with E-state index in [0.717, 1.165) is 16.1 Å². The van der Waals surface area contributed by atoms with Gasteiger partial charge in [0.2, 0.25) is 5.91 Å². The summed E-state index contributed by atoms with van der Waals surface area (Å²) in [5.41, 5.74) is 0.681. The number of halogens is 3. The number of carbonyl (C=O) groups is 1. The van der Waals surface area contributed by atoms with E-state index in [2.05, 4.69) is 5.10 Å². The molecule has 0 atom stereocenters. The summed E-state index contributed by atoms with van der Waals surface area (Å²) in [5.74, 6) is -0.620. The minimum absolute atomic E-state index is 0.0745. The molecule has 1 aromatic carbocycles. The molecule has 3 nitrogen and oxygen atoms in total. The fourth-order valence-electron chi connectivity index (χ4n) is 1.70. The number of rotatable bonds is 2. The third-order valence-electron chi connectivity index (χ3n) is 2.76. The highest BCUT2D eigenvalue weighted by Crippen LogP contribution is 2.25. The second-order valence-corrected chi connectivity index (χ2v) is 4.10. The first kappa shape index (κ1) is 12.6. The van der Waals surface area contributed by atoms with E-state index < -0.39 is 24.2 Å². The van der Waals surface area contributed by atoms with Crippen LogP contribution < -0.4 is 0 Å². The zero-order chi connectivity index (χ0) is 13.3. The Kier molecular flexibility index (Phi) is 3.11. The molecule has 0 saturated heterocycles. The van der Waals surface area contributed by atoms with Crippen LogP contribution in [0.4, 0.5) is 13.2 Å². The van der Waals surface area contributed by atoms with Crippen molar-refractivity contribution in [3.63, 3.8) is 0 Å². The van der Waals surface area contributed by atoms with Crippen LogP contribution in [0, 0.1) is 6.92 Å². The molecule has 0 saturated carbocycles. The zero-order valence-corrected chi connectivity index (χ0v) is 9.66. The normalized spacial score (nSPS) is 16.1. The van der Waals surface area contributed by atoms with Gasteiger partial charge in [-0.25, -0.2) is 5.01 Å². The number of carbonyl (C=O) groups excluding carboxylic acids is 1. The highest BCUT2D eigenvalue weighted by Gasteiger charge is 2.42. The molecule has 0 spiro atoms. The molecule has 1 aliphatic heterocycles. The minimum Gasteiger partial charge on any atom is -0.273 e. The standard InChI is InChI=1S/C12H11F3N2O/c1-8-4-2-3-5-9(8)7-17-11(18)6-10(16-17)12(13,14)15/h2-5H,6-7H2,1H3. The molecule has 0 aromatic heterocycles. The summed E-state index contributed by atoms with van der Waals surface area (Å²) < 4.78 is 37.2. The van der Waals surface area contributed by atoms with Gasteiger partial charge >= 0.3 is 6.18 Å². The third-order valence-corrected chi connectivity index (χ3v) is 2.76. The number of hydrogen-bond donors (Lipinski definition) is 0. The van der Waals surface area contributed by atoms with Gasteiger partial charge in [0.25, 0.3) is 0 Å². The van der Waals surface area contributed by atoms with E-state index in [1.165, 1.54) is 0 Å². The van der Waals surface area contributed by atoms with Gasteiger partial charge in [-0.1, -0.05) is 24.3 Å². The van der Waals surface area contributed by atoms with E-state index in [9.17, 15) is 18.0 Å². The van der Waals surface area contributed by atoms with Crippen LogP contribution in [0.5, 0.6) is 0 Å². The number of amides is 1. The monoisotopic (exact) mass is 256 g/mol. The molecule has 0 unspecified atom stereocenters. The van der Waals surface area contributed by atoms with Gasteiger partial charge < -0.3 is 0 Å². The Labute approximate surface area is 102 Å². The molecule has 6 heteroatoms. The molecule has 0 fully saturated rings. The van der Waals surface area contributed by atoms with Gasteiger partial charge in [-0.2, -0.15) is 18.3 Å². The smallest absolute Gasteiger partial charge is 0.273 e. The Hall–Kier alpha value is -1.85. The van der Waals surface area contributed by atoms with E-state index >= 15 is 0 Å². The van der Waals surface area contributed by atoms with Crippen molar-refractivity contribution in [1.29, 1.82) is 0 Å². The van der Waals surface area contributed by atoms with Gasteiger partial charge in [0.1, 0.15) is 0 Å². The number of hydrogen-bond acceptors (Lipinski definition) is 2. The Bertz CT molecular complexity index is 508. The first-order valence-electron chi connectivity index (χ1n) is 5.37. The molecule has 1 amide bonds. The van der Waals surface area contributed by atoms with Crippen LogP contribution in [0.2, 0.25) is 0 Å². The van der Waals surface area contributed by atoms with E-state index in [4.69, 9.17) is 0 Å². The lowest BCUT2D eigenvalue weighted by Crippen LogP contribution is -2.22.